The third-order valence-electron chi connectivity index (χ3n) is 4.07. The minimum absolute atomic E-state index is 0.102. The van der Waals surface area contributed by atoms with Gasteiger partial charge in [0.05, 0.1) is 23.3 Å². The Kier molecular flexibility index (Phi) is 5.24. The van der Waals surface area contributed by atoms with Gasteiger partial charge in [0, 0.05) is 6.54 Å². The van der Waals surface area contributed by atoms with Gasteiger partial charge in [-0.2, -0.15) is 0 Å². The average molecular weight is 377 g/mol. The largest absolute Gasteiger partial charge is 0.326 e. The number of hydrogen-bond donors (Lipinski definition) is 2. The number of imidazole rings is 1. The Bertz CT molecular complexity index is 1070. The summed E-state index contributed by atoms with van der Waals surface area (Å²) < 4.78 is 40.9. The molecule has 3 rings (SSSR count). The van der Waals surface area contributed by atoms with Crippen molar-refractivity contribution in [2.45, 2.75) is 26.4 Å². The fourth-order valence-electron chi connectivity index (χ4n) is 2.76. The molecule has 0 saturated carbocycles. The van der Waals surface area contributed by atoms with E-state index in [1.165, 1.54) is 22.8 Å². The van der Waals surface area contributed by atoms with Crippen molar-refractivity contribution in [2.24, 2.45) is 0 Å². The van der Waals surface area contributed by atoms with Gasteiger partial charge in [0.25, 0.3) is 0 Å². The summed E-state index contributed by atoms with van der Waals surface area (Å²) >= 11 is 0. The Morgan fingerprint density at radius 3 is 2.50 bits per heavy atom. The molecule has 0 aliphatic rings. The molecule has 0 atom stereocenters. The van der Waals surface area contributed by atoms with Crippen molar-refractivity contribution in [3.63, 3.8) is 0 Å². The van der Waals surface area contributed by atoms with Gasteiger partial charge in [0.15, 0.2) is 0 Å². The molecule has 0 bridgehead atoms. The molecule has 0 radical (unpaired) electrons. The lowest BCUT2D eigenvalue weighted by Gasteiger charge is -2.08. The molecule has 0 aliphatic heterocycles. The van der Waals surface area contributed by atoms with Crippen LogP contribution in [0.5, 0.6) is 0 Å². The van der Waals surface area contributed by atoms with Crippen LogP contribution in [0.1, 0.15) is 24.5 Å². The maximum absolute atomic E-state index is 13.5. The van der Waals surface area contributed by atoms with Gasteiger partial charge in [0.1, 0.15) is 5.82 Å². The molecular formula is C18H20FN3O3S. The number of sulfonamides is 1. The lowest BCUT2D eigenvalue weighted by molar-refractivity contribution is 0.580. The van der Waals surface area contributed by atoms with E-state index in [4.69, 9.17) is 0 Å². The number of aromatic nitrogens is 2. The quantitative estimate of drug-likeness (QED) is 0.663. The monoisotopic (exact) mass is 377 g/mol. The van der Waals surface area contributed by atoms with Crippen LogP contribution in [-0.4, -0.2) is 23.7 Å². The predicted molar refractivity (Wildman–Crippen MR) is 99.0 cm³/mol. The number of hydrogen-bond acceptors (Lipinski definition) is 3. The second-order valence-corrected chi connectivity index (χ2v) is 8.06. The lowest BCUT2D eigenvalue weighted by atomic mass is 10.1. The highest BCUT2D eigenvalue weighted by Gasteiger charge is 2.10. The molecule has 0 unspecified atom stereocenters. The number of rotatable bonds is 7. The minimum Gasteiger partial charge on any atom is -0.306 e. The molecule has 2 aromatic carbocycles. The summed E-state index contributed by atoms with van der Waals surface area (Å²) in [6.07, 6.45) is 0.564. The van der Waals surface area contributed by atoms with Gasteiger partial charge in [-0.1, -0.05) is 31.2 Å². The number of fused-ring (bicyclic) bond motifs is 1. The van der Waals surface area contributed by atoms with Crippen molar-refractivity contribution < 1.29 is 12.8 Å². The minimum atomic E-state index is -3.25. The van der Waals surface area contributed by atoms with E-state index in [2.05, 4.69) is 9.71 Å². The van der Waals surface area contributed by atoms with Crippen LogP contribution in [0, 0.1) is 5.82 Å². The standard InChI is InChI=1S/C18H20FN3O3S/c1-2-9-26(24,25)20-11-13-3-5-14(6-4-13)12-22-17-10-15(19)7-8-16(17)21-18(22)23/h3-8,10,20H,2,9,11-12H2,1H3,(H,21,23). The molecule has 1 aromatic heterocycles. The number of H-pyrrole nitrogens is 1. The molecule has 0 aliphatic carbocycles. The highest BCUT2D eigenvalue weighted by Crippen LogP contribution is 2.14. The van der Waals surface area contributed by atoms with E-state index in [0.29, 0.717) is 24.0 Å². The molecule has 2 N–H and O–H groups in total. The number of nitrogens with zero attached hydrogens (tertiary/aromatic N) is 1. The van der Waals surface area contributed by atoms with Crippen LogP contribution in [0.3, 0.4) is 0 Å². The van der Waals surface area contributed by atoms with E-state index in [1.807, 2.05) is 31.2 Å². The molecule has 0 fully saturated rings. The fourth-order valence-corrected chi connectivity index (χ4v) is 3.83. The SMILES string of the molecule is CCCS(=O)(=O)NCc1ccc(Cn2c(=O)[nH]c3ccc(F)cc32)cc1. The van der Waals surface area contributed by atoms with E-state index in [0.717, 1.165) is 11.1 Å². The molecule has 138 valence electrons. The topological polar surface area (TPSA) is 84.0 Å². The summed E-state index contributed by atoms with van der Waals surface area (Å²) in [4.78, 5) is 14.8. The third kappa shape index (κ3) is 4.20. The molecule has 0 saturated heterocycles. The van der Waals surface area contributed by atoms with Crippen molar-refractivity contribution in [1.29, 1.82) is 0 Å². The van der Waals surface area contributed by atoms with Gasteiger partial charge in [-0.15, -0.1) is 0 Å². The number of nitrogens with one attached hydrogen (secondary N) is 2. The smallest absolute Gasteiger partial charge is 0.306 e. The average Bonchev–Trinajstić information content (AvgIpc) is 2.89. The van der Waals surface area contributed by atoms with Gasteiger partial charge in [-0.05, 0) is 35.7 Å². The van der Waals surface area contributed by atoms with Crippen molar-refractivity contribution in [1.82, 2.24) is 14.3 Å². The molecule has 3 aromatic rings. The molecule has 1 heterocycles. The van der Waals surface area contributed by atoms with E-state index in [9.17, 15) is 17.6 Å². The van der Waals surface area contributed by atoms with E-state index in [1.54, 1.807) is 0 Å². The van der Waals surface area contributed by atoms with Gasteiger partial charge in [-0.25, -0.2) is 22.3 Å². The molecule has 0 amide bonds. The van der Waals surface area contributed by atoms with Crippen molar-refractivity contribution in [2.75, 3.05) is 5.75 Å². The van der Waals surface area contributed by atoms with Crippen LogP contribution in [0.15, 0.2) is 47.3 Å². The predicted octanol–water partition coefficient (Wildman–Crippen LogP) is 2.35. The zero-order valence-corrected chi connectivity index (χ0v) is 15.1. The summed E-state index contributed by atoms with van der Waals surface area (Å²) in [5, 5.41) is 0. The normalized spacial score (nSPS) is 11.9. The molecule has 26 heavy (non-hydrogen) atoms. The second kappa shape index (κ2) is 7.43. The van der Waals surface area contributed by atoms with Crippen LogP contribution in [0.4, 0.5) is 4.39 Å². The molecule has 6 nitrogen and oxygen atoms in total. The van der Waals surface area contributed by atoms with Crippen molar-refractivity contribution in [3.05, 3.63) is 69.9 Å². The Balaban J connectivity index is 1.75. The fraction of sp³-hybridized carbons (Fsp3) is 0.278. The van der Waals surface area contributed by atoms with Crippen LogP contribution in [0.25, 0.3) is 11.0 Å². The van der Waals surface area contributed by atoms with E-state index in [-0.39, 0.29) is 18.0 Å². The first-order valence-corrected chi connectivity index (χ1v) is 9.96. The van der Waals surface area contributed by atoms with Crippen LogP contribution in [0.2, 0.25) is 0 Å². The maximum Gasteiger partial charge on any atom is 0.326 e. The summed E-state index contributed by atoms with van der Waals surface area (Å²) in [6.45, 7) is 2.33. The summed E-state index contributed by atoms with van der Waals surface area (Å²) in [6, 6.07) is 11.4. The summed E-state index contributed by atoms with van der Waals surface area (Å²) in [5.41, 5.74) is 2.47. The molecule has 8 heteroatoms. The van der Waals surface area contributed by atoms with E-state index >= 15 is 0 Å². The first-order chi connectivity index (χ1) is 12.4. The van der Waals surface area contributed by atoms with Crippen LogP contribution in [-0.2, 0) is 23.1 Å². The van der Waals surface area contributed by atoms with Crippen LogP contribution < -0.4 is 10.4 Å². The Morgan fingerprint density at radius 1 is 1.12 bits per heavy atom. The first kappa shape index (κ1) is 18.3. The molecule has 0 spiro atoms. The van der Waals surface area contributed by atoms with Crippen LogP contribution >= 0.6 is 0 Å². The zero-order valence-electron chi connectivity index (χ0n) is 14.3. The van der Waals surface area contributed by atoms with Gasteiger partial charge in [-0.3, -0.25) is 4.57 Å². The summed E-state index contributed by atoms with van der Waals surface area (Å²) in [7, 11) is -3.25. The zero-order chi connectivity index (χ0) is 18.7. The Hall–Kier alpha value is -2.45. The van der Waals surface area contributed by atoms with Gasteiger partial charge in [0.2, 0.25) is 10.0 Å². The second-order valence-electron chi connectivity index (χ2n) is 6.13. The first-order valence-electron chi connectivity index (χ1n) is 8.31. The van der Waals surface area contributed by atoms with Crippen molar-refractivity contribution >= 4 is 21.1 Å². The Morgan fingerprint density at radius 2 is 1.81 bits per heavy atom. The van der Waals surface area contributed by atoms with E-state index < -0.39 is 15.8 Å². The van der Waals surface area contributed by atoms with Gasteiger partial charge < -0.3 is 4.98 Å². The summed E-state index contributed by atoms with van der Waals surface area (Å²) in [5.74, 6) is -0.301. The Labute approximate surface area is 150 Å². The van der Waals surface area contributed by atoms with Crippen molar-refractivity contribution in [3.8, 4) is 0 Å². The highest BCUT2D eigenvalue weighted by atomic mass is 32.2. The maximum atomic E-state index is 13.5. The molecular weight excluding hydrogens is 357 g/mol. The van der Waals surface area contributed by atoms with Gasteiger partial charge >= 0.3 is 5.69 Å². The third-order valence-corrected chi connectivity index (χ3v) is 5.60. The number of benzene rings is 2. The highest BCUT2D eigenvalue weighted by molar-refractivity contribution is 7.89. The lowest BCUT2D eigenvalue weighted by Crippen LogP contribution is -2.25. The number of halogens is 1. The number of aromatic amines is 1.